The highest BCUT2D eigenvalue weighted by Gasteiger charge is 2.42. The molecule has 8 heteroatoms. The Labute approximate surface area is 164 Å². The molecular weight excluding hydrogens is 356 g/mol. The predicted octanol–water partition coefficient (Wildman–Crippen LogP) is 1.39. The highest BCUT2D eigenvalue weighted by molar-refractivity contribution is 5.78. The van der Waals surface area contributed by atoms with Crippen LogP contribution in [0.3, 0.4) is 0 Å². The Balaban J connectivity index is 1.39. The van der Waals surface area contributed by atoms with Gasteiger partial charge < -0.3 is 14.8 Å². The third-order valence-corrected chi connectivity index (χ3v) is 6.18. The number of aromatic nitrogens is 4. The first kappa shape index (κ1) is 18.7. The predicted molar refractivity (Wildman–Crippen MR) is 103 cm³/mol. The molecule has 8 nitrogen and oxygen atoms in total. The summed E-state index contributed by atoms with van der Waals surface area (Å²) in [5.74, 6) is 0.340. The number of hydrogen-bond donors (Lipinski definition) is 1. The number of nitrogens with one attached hydrogen (secondary N) is 1. The molecule has 2 fully saturated rings. The molecule has 2 aromatic rings. The molecule has 150 valence electrons. The Hall–Kier alpha value is -2.64. The second kappa shape index (κ2) is 7.77. The van der Waals surface area contributed by atoms with Crippen LogP contribution < -0.4 is 0 Å². The van der Waals surface area contributed by atoms with E-state index in [0.717, 1.165) is 56.7 Å². The van der Waals surface area contributed by atoms with E-state index in [1.165, 1.54) is 0 Å². The molecule has 0 saturated carbocycles. The van der Waals surface area contributed by atoms with Crippen LogP contribution in [0.25, 0.3) is 0 Å². The minimum Gasteiger partial charge on any atom is -0.348 e. The second-order valence-electron chi connectivity index (χ2n) is 8.19. The summed E-state index contributed by atoms with van der Waals surface area (Å²) in [5, 5.41) is 4.23. The number of hydrogen-bond acceptors (Lipinski definition) is 4. The minimum absolute atomic E-state index is 0.0228. The molecule has 0 aromatic carbocycles. The molecule has 1 spiro atoms. The maximum Gasteiger partial charge on any atom is 0.244 e. The fourth-order valence-corrected chi connectivity index (χ4v) is 4.53. The number of piperidine rings is 2. The van der Waals surface area contributed by atoms with Crippen molar-refractivity contribution in [2.75, 3.05) is 26.2 Å². The number of nitrogens with zero attached hydrogens (tertiary/aromatic N) is 5. The van der Waals surface area contributed by atoms with Crippen molar-refractivity contribution >= 4 is 11.8 Å². The average molecular weight is 384 g/mol. The summed E-state index contributed by atoms with van der Waals surface area (Å²) in [6.45, 7) is 5.22. The lowest BCUT2D eigenvalue weighted by molar-refractivity contribution is -0.143. The molecule has 0 bridgehead atoms. The molecule has 2 aromatic heterocycles. The van der Waals surface area contributed by atoms with Crippen LogP contribution in [-0.2, 0) is 22.6 Å². The van der Waals surface area contributed by atoms with Gasteiger partial charge in [0, 0.05) is 68.2 Å². The molecule has 0 radical (unpaired) electrons. The normalized spacial score (nSPS) is 22.8. The molecule has 1 atom stereocenters. The van der Waals surface area contributed by atoms with Gasteiger partial charge in [-0.2, -0.15) is 5.10 Å². The highest BCUT2D eigenvalue weighted by Crippen LogP contribution is 2.39. The standard InChI is InChI=1S/C20H28N6O2/c1-16-4-8-23-26(16)12-19(28)24-9-2-6-20(13-24)7-3-18(27)25(14-20)10-5-17-11-21-15-22-17/h4,8,11,15H,2-3,5-7,9-10,12-14H2,1H3,(H,21,22)/t20-/m0/s1. The maximum atomic E-state index is 12.8. The number of amides is 2. The van der Waals surface area contributed by atoms with E-state index < -0.39 is 0 Å². The van der Waals surface area contributed by atoms with Gasteiger partial charge in [0.05, 0.1) is 6.33 Å². The van der Waals surface area contributed by atoms with E-state index in [1.54, 1.807) is 17.2 Å². The number of carbonyl (C=O) groups is 2. The van der Waals surface area contributed by atoms with Crippen LogP contribution in [0.5, 0.6) is 0 Å². The van der Waals surface area contributed by atoms with E-state index in [2.05, 4.69) is 15.1 Å². The smallest absolute Gasteiger partial charge is 0.244 e. The fraction of sp³-hybridized carbons (Fsp3) is 0.600. The van der Waals surface area contributed by atoms with Crippen molar-refractivity contribution in [3.63, 3.8) is 0 Å². The molecule has 2 amide bonds. The van der Waals surface area contributed by atoms with Crippen LogP contribution >= 0.6 is 0 Å². The van der Waals surface area contributed by atoms with Crippen molar-refractivity contribution in [2.45, 2.75) is 45.6 Å². The summed E-state index contributed by atoms with van der Waals surface area (Å²) < 4.78 is 1.75. The van der Waals surface area contributed by atoms with Gasteiger partial charge in [0.25, 0.3) is 0 Å². The number of H-pyrrole nitrogens is 1. The summed E-state index contributed by atoms with van der Waals surface area (Å²) in [4.78, 5) is 36.4. The van der Waals surface area contributed by atoms with Crippen molar-refractivity contribution < 1.29 is 9.59 Å². The lowest BCUT2D eigenvalue weighted by atomic mass is 9.73. The van der Waals surface area contributed by atoms with Gasteiger partial charge in [-0.3, -0.25) is 14.3 Å². The second-order valence-corrected chi connectivity index (χ2v) is 8.19. The van der Waals surface area contributed by atoms with Gasteiger partial charge in [-0.15, -0.1) is 0 Å². The van der Waals surface area contributed by atoms with Crippen LogP contribution in [0.4, 0.5) is 0 Å². The zero-order valence-corrected chi connectivity index (χ0v) is 16.4. The first-order valence-electron chi connectivity index (χ1n) is 10.1. The SMILES string of the molecule is Cc1ccnn1CC(=O)N1CCC[C@]2(CCC(=O)N(CCc3cnc[nH]3)C2)C1. The fourth-order valence-electron chi connectivity index (χ4n) is 4.53. The Morgan fingerprint density at radius 3 is 2.96 bits per heavy atom. The van der Waals surface area contributed by atoms with Gasteiger partial charge in [-0.1, -0.05) is 0 Å². The molecule has 0 aliphatic carbocycles. The lowest BCUT2D eigenvalue weighted by Gasteiger charge is -2.48. The summed E-state index contributed by atoms with van der Waals surface area (Å²) in [6, 6.07) is 1.91. The maximum absolute atomic E-state index is 12.8. The largest absolute Gasteiger partial charge is 0.348 e. The summed E-state index contributed by atoms with van der Waals surface area (Å²) in [6.07, 6.45) is 9.50. The third kappa shape index (κ3) is 3.95. The Morgan fingerprint density at radius 1 is 1.32 bits per heavy atom. The van der Waals surface area contributed by atoms with Gasteiger partial charge >= 0.3 is 0 Å². The molecule has 4 heterocycles. The number of likely N-dealkylation sites (tertiary alicyclic amines) is 2. The van der Waals surface area contributed by atoms with E-state index in [1.807, 2.05) is 29.0 Å². The molecule has 28 heavy (non-hydrogen) atoms. The molecule has 0 unspecified atom stereocenters. The van der Waals surface area contributed by atoms with Gasteiger partial charge in [-0.25, -0.2) is 4.98 Å². The molecule has 2 saturated heterocycles. The number of imidazole rings is 1. The van der Waals surface area contributed by atoms with E-state index >= 15 is 0 Å². The van der Waals surface area contributed by atoms with Gasteiger partial charge in [0.2, 0.25) is 11.8 Å². The van der Waals surface area contributed by atoms with E-state index in [0.29, 0.717) is 13.0 Å². The van der Waals surface area contributed by atoms with Crippen molar-refractivity contribution in [2.24, 2.45) is 5.41 Å². The average Bonchev–Trinajstić information content (AvgIpc) is 3.35. The molecular formula is C20H28N6O2. The van der Waals surface area contributed by atoms with Crippen LogP contribution in [0.1, 0.15) is 37.1 Å². The third-order valence-electron chi connectivity index (χ3n) is 6.18. The zero-order chi connectivity index (χ0) is 19.6. The van der Waals surface area contributed by atoms with Gasteiger partial charge in [0.1, 0.15) is 6.54 Å². The number of aryl methyl sites for hydroxylation is 1. The Morgan fingerprint density at radius 2 is 2.21 bits per heavy atom. The number of carbonyl (C=O) groups excluding carboxylic acids is 2. The van der Waals surface area contributed by atoms with Crippen molar-refractivity contribution in [1.82, 2.24) is 29.5 Å². The van der Waals surface area contributed by atoms with Gasteiger partial charge in [0.15, 0.2) is 0 Å². The quantitative estimate of drug-likeness (QED) is 0.844. The molecule has 2 aliphatic heterocycles. The van der Waals surface area contributed by atoms with E-state index in [-0.39, 0.29) is 23.8 Å². The van der Waals surface area contributed by atoms with E-state index in [4.69, 9.17) is 0 Å². The van der Waals surface area contributed by atoms with Gasteiger partial charge in [-0.05, 0) is 32.3 Å². The summed E-state index contributed by atoms with van der Waals surface area (Å²) >= 11 is 0. The monoisotopic (exact) mass is 384 g/mol. The Bertz CT molecular complexity index is 830. The van der Waals surface area contributed by atoms with Crippen LogP contribution in [0.15, 0.2) is 24.8 Å². The number of aromatic amines is 1. The molecule has 2 aliphatic rings. The molecule has 4 rings (SSSR count). The first-order chi connectivity index (χ1) is 13.5. The topological polar surface area (TPSA) is 87.1 Å². The minimum atomic E-state index is 0.0228. The van der Waals surface area contributed by atoms with Crippen molar-refractivity contribution in [3.8, 4) is 0 Å². The number of rotatable bonds is 5. The molecule has 1 N–H and O–H groups in total. The summed E-state index contributed by atoms with van der Waals surface area (Å²) in [7, 11) is 0. The van der Waals surface area contributed by atoms with E-state index in [9.17, 15) is 9.59 Å². The van der Waals surface area contributed by atoms with Crippen LogP contribution in [-0.4, -0.2) is 67.5 Å². The van der Waals surface area contributed by atoms with Crippen LogP contribution in [0, 0.1) is 12.3 Å². The lowest BCUT2D eigenvalue weighted by Crippen LogP contribution is -2.55. The highest BCUT2D eigenvalue weighted by atomic mass is 16.2. The van der Waals surface area contributed by atoms with Crippen molar-refractivity contribution in [3.05, 3.63) is 36.2 Å². The first-order valence-corrected chi connectivity index (χ1v) is 10.1. The summed E-state index contributed by atoms with van der Waals surface area (Å²) in [5.41, 5.74) is 2.06. The van der Waals surface area contributed by atoms with Crippen molar-refractivity contribution in [1.29, 1.82) is 0 Å². The van der Waals surface area contributed by atoms with Crippen LogP contribution in [0.2, 0.25) is 0 Å². The zero-order valence-electron chi connectivity index (χ0n) is 16.4. The Kier molecular flexibility index (Phi) is 5.19.